The summed E-state index contributed by atoms with van der Waals surface area (Å²) in [6, 6.07) is -0.283. The largest absolute Gasteiger partial charge is 0.414 e. The van der Waals surface area contributed by atoms with E-state index in [2.05, 4.69) is 45.9 Å². The molecule has 0 aromatic carbocycles. The molecule has 0 bridgehead atoms. The molecule has 5 nitrogen and oxygen atoms in total. The Morgan fingerprint density at radius 1 is 1.35 bits per heavy atom. The number of hydrogen-bond donors (Lipinski definition) is 1. The van der Waals surface area contributed by atoms with Crippen LogP contribution < -0.4 is 5.48 Å². The highest BCUT2D eigenvalue weighted by Gasteiger charge is 2.40. The van der Waals surface area contributed by atoms with Crippen LogP contribution in [0.3, 0.4) is 0 Å². The molecule has 0 saturated carbocycles. The summed E-state index contributed by atoms with van der Waals surface area (Å²) in [4.78, 5) is 18.9. The van der Waals surface area contributed by atoms with Crippen molar-refractivity contribution in [1.29, 1.82) is 0 Å². The fourth-order valence-electron chi connectivity index (χ4n) is 2.09. The SMILES string of the molecule is C=CCC[C@H](C[C@H](C(=O)NOC)N(C)C)O[Si](C)(C)C(C)(C)C. The number of hydroxylamine groups is 1. The lowest BCUT2D eigenvalue weighted by molar-refractivity contribution is -0.137. The van der Waals surface area contributed by atoms with Crippen molar-refractivity contribution >= 4 is 14.2 Å². The number of amides is 1. The van der Waals surface area contributed by atoms with Crippen molar-refractivity contribution in [2.45, 2.75) is 70.3 Å². The Morgan fingerprint density at radius 2 is 1.91 bits per heavy atom. The predicted octanol–water partition coefficient (Wildman–Crippen LogP) is 3.34. The highest BCUT2D eigenvalue weighted by molar-refractivity contribution is 6.74. The maximum absolute atomic E-state index is 12.2. The fourth-order valence-corrected chi connectivity index (χ4v) is 3.49. The Labute approximate surface area is 143 Å². The minimum atomic E-state index is -1.89. The van der Waals surface area contributed by atoms with Gasteiger partial charge in [-0.2, -0.15) is 0 Å². The van der Waals surface area contributed by atoms with E-state index >= 15 is 0 Å². The number of allylic oxidation sites excluding steroid dienone is 1. The molecule has 0 rings (SSSR count). The average molecular weight is 345 g/mol. The first kappa shape index (κ1) is 22.3. The van der Waals surface area contributed by atoms with Crippen LogP contribution in [-0.2, 0) is 14.1 Å². The van der Waals surface area contributed by atoms with Crippen LogP contribution in [0.25, 0.3) is 0 Å². The second-order valence-corrected chi connectivity index (χ2v) is 12.5. The smallest absolute Gasteiger partial charge is 0.260 e. The number of nitrogens with one attached hydrogen (secondary N) is 1. The molecule has 0 fully saturated rings. The van der Waals surface area contributed by atoms with Gasteiger partial charge in [-0.15, -0.1) is 6.58 Å². The number of rotatable bonds is 10. The molecule has 0 heterocycles. The standard InChI is InChI=1S/C17H36N2O3Si/c1-10-11-12-14(22-23(8,9)17(2,3)4)13-15(19(5)6)16(20)18-21-7/h10,14-15H,1,11-13H2,2-9H3,(H,18,20)/t14-,15-/m1/s1. The van der Waals surface area contributed by atoms with Crippen LogP contribution in [0.4, 0.5) is 0 Å². The van der Waals surface area contributed by atoms with Crippen LogP contribution in [0, 0.1) is 0 Å². The van der Waals surface area contributed by atoms with Gasteiger partial charge in [0.15, 0.2) is 8.32 Å². The van der Waals surface area contributed by atoms with Gasteiger partial charge >= 0.3 is 0 Å². The molecule has 1 N–H and O–H groups in total. The number of likely N-dealkylation sites (N-methyl/N-ethyl adjacent to an activating group) is 1. The predicted molar refractivity (Wildman–Crippen MR) is 98.7 cm³/mol. The molecule has 1 amide bonds. The van der Waals surface area contributed by atoms with E-state index in [-0.39, 0.29) is 23.1 Å². The van der Waals surface area contributed by atoms with Crippen LogP contribution in [0.1, 0.15) is 40.0 Å². The Balaban J connectivity index is 5.14. The van der Waals surface area contributed by atoms with E-state index < -0.39 is 8.32 Å². The molecule has 6 heteroatoms. The maximum atomic E-state index is 12.2. The quantitative estimate of drug-likeness (QED) is 0.375. The molecule has 0 aliphatic heterocycles. The zero-order chi connectivity index (χ0) is 18.3. The summed E-state index contributed by atoms with van der Waals surface area (Å²) in [7, 11) is 3.36. The molecule has 0 saturated heterocycles. The number of nitrogens with zero attached hydrogens (tertiary/aromatic N) is 1. The average Bonchev–Trinajstić information content (AvgIpc) is 2.39. The summed E-state index contributed by atoms with van der Waals surface area (Å²) in [6.45, 7) is 15.0. The van der Waals surface area contributed by atoms with Gasteiger partial charge in [0, 0.05) is 6.10 Å². The lowest BCUT2D eigenvalue weighted by atomic mass is 10.0. The van der Waals surface area contributed by atoms with Gasteiger partial charge in [-0.25, -0.2) is 5.48 Å². The topological polar surface area (TPSA) is 50.8 Å². The first-order valence-electron chi connectivity index (χ1n) is 8.24. The van der Waals surface area contributed by atoms with E-state index in [1.165, 1.54) is 7.11 Å². The van der Waals surface area contributed by atoms with Gasteiger partial charge in [0.2, 0.25) is 0 Å². The molecule has 136 valence electrons. The monoisotopic (exact) mass is 344 g/mol. The molecule has 0 radical (unpaired) electrons. The third-order valence-corrected chi connectivity index (χ3v) is 9.11. The van der Waals surface area contributed by atoms with Crippen molar-refractivity contribution in [3.63, 3.8) is 0 Å². The van der Waals surface area contributed by atoms with Crippen LogP contribution in [-0.4, -0.2) is 52.5 Å². The first-order valence-corrected chi connectivity index (χ1v) is 11.1. The molecule has 0 aromatic heterocycles. The van der Waals surface area contributed by atoms with Crippen LogP contribution in [0.5, 0.6) is 0 Å². The van der Waals surface area contributed by atoms with Crippen molar-refractivity contribution in [3.05, 3.63) is 12.7 Å². The van der Waals surface area contributed by atoms with E-state index in [1.807, 2.05) is 25.1 Å². The molecule has 0 aliphatic rings. The van der Waals surface area contributed by atoms with Crippen LogP contribution in [0.15, 0.2) is 12.7 Å². The highest BCUT2D eigenvalue weighted by Crippen LogP contribution is 2.38. The van der Waals surface area contributed by atoms with Crippen LogP contribution >= 0.6 is 0 Å². The van der Waals surface area contributed by atoms with Crippen molar-refractivity contribution in [1.82, 2.24) is 10.4 Å². The van der Waals surface area contributed by atoms with Gasteiger partial charge in [0.25, 0.3) is 5.91 Å². The summed E-state index contributed by atoms with van der Waals surface area (Å²) in [5, 5.41) is 0.141. The molecule has 0 aliphatic carbocycles. The zero-order valence-electron chi connectivity index (χ0n) is 16.2. The van der Waals surface area contributed by atoms with E-state index in [4.69, 9.17) is 9.26 Å². The molecular formula is C17H36N2O3Si. The van der Waals surface area contributed by atoms with Crippen molar-refractivity contribution in [3.8, 4) is 0 Å². The molecule has 0 aromatic rings. The summed E-state index contributed by atoms with van der Waals surface area (Å²) in [6.07, 6.45) is 4.33. The summed E-state index contributed by atoms with van der Waals surface area (Å²) < 4.78 is 6.56. The lowest BCUT2D eigenvalue weighted by Crippen LogP contribution is -2.49. The summed E-state index contributed by atoms with van der Waals surface area (Å²) in [5.74, 6) is -0.139. The Bertz CT molecular complexity index is 379. The number of hydrogen-bond acceptors (Lipinski definition) is 4. The third kappa shape index (κ3) is 7.61. The van der Waals surface area contributed by atoms with E-state index in [9.17, 15) is 4.79 Å². The Kier molecular flexibility index (Phi) is 9.28. The molecule has 0 spiro atoms. The summed E-state index contributed by atoms with van der Waals surface area (Å²) >= 11 is 0. The van der Waals surface area contributed by atoms with Gasteiger partial charge in [-0.3, -0.25) is 14.5 Å². The number of carbonyl (C=O) groups is 1. The van der Waals surface area contributed by atoms with Crippen molar-refractivity contribution in [2.24, 2.45) is 0 Å². The maximum Gasteiger partial charge on any atom is 0.260 e. The molecule has 23 heavy (non-hydrogen) atoms. The van der Waals surface area contributed by atoms with Gasteiger partial charge < -0.3 is 4.43 Å². The lowest BCUT2D eigenvalue weighted by Gasteiger charge is -2.40. The first-order chi connectivity index (χ1) is 10.5. The Morgan fingerprint density at radius 3 is 2.30 bits per heavy atom. The van der Waals surface area contributed by atoms with Crippen molar-refractivity contribution < 1.29 is 14.1 Å². The van der Waals surface area contributed by atoms with Gasteiger partial charge in [-0.1, -0.05) is 26.8 Å². The van der Waals surface area contributed by atoms with Crippen LogP contribution in [0.2, 0.25) is 18.1 Å². The van der Waals surface area contributed by atoms with Crippen molar-refractivity contribution in [2.75, 3.05) is 21.2 Å². The molecular weight excluding hydrogens is 308 g/mol. The van der Waals surface area contributed by atoms with E-state index in [1.54, 1.807) is 0 Å². The normalized spacial score (nSPS) is 15.3. The summed E-state index contributed by atoms with van der Waals surface area (Å²) in [5.41, 5.74) is 2.44. The second-order valence-electron chi connectivity index (χ2n) is 7.75. The van der Waals surface area contributed by atoms with E-state index in [0.717, 1.165) is 12.8 Å². The minimum absolute atomic E-state index is 0.0314. The third-order valence-electron chi connectivity index (χ3n) is 4.58. The fraction of sp³-hybridized carbons (Fsp3) is 0.824. The second kappa shape index (κ2) is 9.57. The van der Waals surface area contributed by atoms with E-state index in [0.29, 0.717) is 6.42 Å². The van der Waals surface area contributed by atoms with Gasteiger partial charge in [0.05, 0.1) is 13.2 Å². The Hall–Kier alpha value is -0.693. The molecule has 2 atom stereocenters. The van der Waals surface area contributed by atoms with Gasteiger partial charge in [-0.05, 0) is 51.5 Å². The number of carbonyl (C=O) groups excluding carboxylic acids is 1. The minimum Gasteiger partial charge on any atom is -0.414 e. The zero-order valence-corrected chi connectivity index (χ0v) is 17.2. The molecule has 0 unspecified atom stereocenters. The van der Waals surface area contributed by atoms with Gasteiger partial charge in [0.1, 0.15) is 0 Å². The highest BCUT2D eigenvalue weighted by atomic mass is 28.4.